The van der Waals surface area contributed by atoms with Gasteiger partial charge >= 0.3 is 5.63 Å². The number of nitrogens with one attached hydrogen (secondary N) is 1. The standard InChI is InChI=1S/C17H9FN4O4S/c18-12-3-1-2-4-13(12)19-17-21-20-15(27-17)11-8-9-7-10(22(24)25)5-6-14(9)26-16(11)23/h1-8H,(H,19,21). The van der Waals surface area contributed by atoms with E-state index in [1.54, 1.807) is 18.2 Å². The maximum Gasteiger partial charge on any atom is 0.346 e. The van der Waals surface area contributed by atoms with Gasteiger partial charge in [0.1, 0.15) is 11.4 Å². The van der Waals surface area contributed by atoms with Gasteiger partial charge in [-0.1, -0.05) is 23.5 Å². The molecule has 2 heterocycles. The fourth-order valence-electron chi connectivity index (χ4n) is 2.43. The van der Waals surface area contributed by atoms with Crippen molar-refractivity contribution in [3.8, 4) is 10.6 Å². The van der Waals surface area contributed by atoms with Gasteiger partial charge in [0.2, 0.25) is 5.13 Å². The molecule has 1 N–H and O–H groups in total. The van der Waals surface area contributed by atoms with Gasteiger partial charge in [-0.25, -0.2) is 9.18 Å². The van der Waals surface area contributed by atoms with Crippen molar-refractivity contribution >= 4 is 38.8 Å². The van der Waals surface area contributed by atoms with Gasteiger partial charge in [0, 0.05) is 17.5 Å². The number of hydrogen-bond acceptors (Lipinski definition) is 8. The monoisotopic (exact) mass is 384 g/mol. The Balaban J connectivity index is 1.73. The van der Waals surface area contributed by atoms with Crippen molar-refractivity contribution in [1.29, 1.82) is 0 Å². The van der Waals surface area contributed by atoms with Crippen LogP contribution >= 0.6 is 11.3 Å². The van der Waals surface area contributed by atoms with Gasteiger partial charge in [-0.05, 0) is 24.3 Å². The lowest BCUT2D eigenvalue weighted by molar-refractivity contribution is -0.384. The van der Waals surface area contributed by atoms with Gasteiger partial charge in [0.15, 0.2) is 5.01 Å². The molecule has 0 bridgehead atoms. The number of anilines is 2. The summed E-state index contributed by atoms with van der Waals surface area (Å²) in [5.74, 6) is -0.452. The highest BCUT2D eigenvalue weighted by Gasteiger charge is 2.16. The van der Waals surface area contributed by atoms with Crippen molar-refractivity contribution < 1.29 is 13.7 Å². The molecule has 4 rings (SSSR count). The number of benzene rings is 2. The first-order chi connectivity index (χ1) is 13.0. The summed E-state index contributed by atoms with van der Waals surface area (Å²) in [7, 11) is 0. The Morgan fingerprint density at radius 2 is 1.96 bits per heavy atom. The highest BCUT2D eigenvalue weighted by Crippen LogP contribution is 2.29. The van der Waals surface area contributed by atoms with Gasteiger partial charge < -0.3 is 9.73 Å². The molecule has 0 saturated heterocycles. The predicted octanol–water partition coefficient (Wildman–Crippen LogP) is 4.10. The second-order valence-electron chi connectivity index (χ2n) is 5.44. The lowest BCUT2D eigenvalue weighted by Gasteiger charge is -2.02. The zero-order valence-corrected chi connectivity index (χ0v) is 14.2. The zero-order valence-electron chi connectivity index (χ0n) is 13.4. The Morgan fingerprint density at radius 3 is 2.74 bits per heavy atom. The Kier molecular flexibility index (Phi) is 4.09. The first-order valence-electron chi connectivity index (χ1n) is 7.59. The first-order valence-corrected chi connectivity index (χ1v) is 8.40. The normalized spacial score (nSPS) is 10.9. The van der Waals surface area contributed by atoms with E-state index < -0.39 is 16.4 Å². The van der Waals surface area contributed by atoms with Crippen LogP contribution in [-0.2, 0) is 0 Å². The summed E-state index contributed by atoms with van der Waals surface area (Å²) in [6.45, 7) is 0. The van der Waals surface area contributed by atoms with Crippen molar-refractivity contribution in [2.75, 3.05) is 5.32 Å². The molecule has 10 heteroatoms. The van der Waals surface area contributed by atoms with Gasteiger partial charge in [-0.2, -0.15) is 0 Å². The highest BCUT2D eigenvalue weighted by atomic mass is 32.1. The minimum Gasteiger partial charge on any atom is -0.422 e. The number of hydrogen-bond donors (Lipinski definition) is 1. The first kappa shape index (κ1) is 16.8. The summed E-state index contributed by atoms with van der Waals surface area (Å²) in [5, 5.41) is 22.5. The van der Waals surface area contributed by atoms with Crippen molar-refractivity contribution in [2.45, 2.75) is 0 Å². The lowest BCUT2D eigenvalue weighted by Crippen LogP contribution is -2.02. The maximum absolute atomic E-state index is 13.7. The molecular formula is C17H9FN4O4S. The van der Waals surface area contributed by atoms with E-state index in [2.05, 4.69) is 15.5 Å². The number of nitro benzene ring substituents is 1. The molecular weight excluding hydrogens is 375 g/mol. The molecule has 27 heavy (non-hydrogen) atoms. The molecule has 8 nitrogen and oxygen atoms in total. The number of nitro groups is 1. The molecule has 0 radical (unpaired) electrons. The van der Waals surface area contributed by atoms with E-state index in [0.29, 0.717) is 5.39 Å². The third kappa shape index (κ3) is 3.25. The number of fused-ring (bicyclic) bond motifs is 1. The molecule has 0 spiro atoms. The van der Waals surface area contributed by atoms with Crippen LogP contribution in [0.15, 0.2) is 57.7 Å². The summed E-state index contributed by atoms with van der Waals surface area (Å²) in [6.07, 6.45) is 0. The van der Waals surface area contributed by atoms with E-state index in [1.807, 2.05) is 0 Å². The van der Waals surface area contributed by atoms with Crippen LogP contribution in [0.3, 0.4) is 0 Å². The SMILES string of the molecule is O=c1oc2ccc([N+](=O)[O-])cc2cc1-c1nnc(Nc2ccccc2F)s1. The number of nitrogens with zero attached hydrogens (tertiary/aromatic N) is 3. The number of halogens is 1. The van der Waals surface area contributed by atoms with Crippen LogP contribution in [0.4, 0.5) is 20.9 Å². The molecule has 0 amide bonds. The summed E-state index contributed by atoms with van der Waals surface area (Å²) in [6, 6.07) is 11.5. The maximum atomic E-state index is 13.7. The quantitative estimate of drug-likeness (QED) is 0.320. The Labute approximate surface area is 154 Å². The van der Waals surface area contributed by atoms with Gasteiger partial charge in [-0.3, -0.25) is 10.1 Å². The van der Waals surface area contributed by atoms with Crippen LogP contribution in [-0.4, -0.2) is 15.1 Å². The van der Waals surface area contributed by atoms with E-state index in [-0.39, 0.29) is 32.7 Å². The Morgan fingerprint density at radius 1 is 1.15 bits per heavy atom. The minimum absolute atomic E-state index is 0.113. The second kappa shape index (κ2) is 6.57. The summed E-state index contributed by atoms with van der Waals surface area (Å²) in [5.41, 5.74) is -0.210. The minimum atomic E-state index is -0.648. The molecule has 0 fully saturated rings. The number of non-ortho nitro benzene ring substituents is 1. The van der Waals surface area contributed by atoms with E-state index in [0.717, 1.165) is 11.3 Å². The fraction of sp³-hybridized carbons (Fsp3) is 0. The summed E-state index contributed by atoms with van der Waals surface area (Å²) in [4.78, 5) is 22.6. The van der Waals surface area contributed by atoms with Gasteiger partial charge in [-0.15, -0.1) is 10.2 Å². The Hall–Kier alpha value is -3.66. The van der Waals surface area contributed by atoms with Crippen molar-refractivity contribution in [3.05, 3.63) is 74.9 Å². The molecule has 4 aromatic rings. The van der Waals surface area contributed by atoms with Crippen LogP contribution in [0.2, 0.25) is 0 Å². The van der Waals surface area contributed by atoms with E-state index in [4.69, 9.17) is 4.42 Å². The third-order valence-electron chi connectivity index (χ3n) is 3.70. The number of aromatic nitrogens is 2. The molecule has 2 aromatic heterocycles. The zero-order chi connectivity index (χ0) is 19.0. The van der Waals surface area contributed by atoms with Crippen LogP contribution in [0, 0.1) is 15.9 Å². The Bertz CT molecular complexity index is 1240. The highest BCUT2D eigenvalue weighted by molar-refractivity contribution is 7.18. The average molecular weight is 384 g/mol. The van der Waals surface area contributed by atoms with Crippen LogP contribution in [0.25, 0.3) is 21.5 Å². The summed E-state index contributed by atoms with van der Waals surface area (Å²) < 4.78 is 18.9. The molecule has 2 aromatic carbocycles. The van der Waals surface area contributed by atoms with Crippen molar-refractivity contribution in [1.82, 2.24) is 10.2 Å². The molecule has 0 aliphatic heterocycles. The number of rotatable bonds is 4. The molecule has 0 aliphatic rings. The van der Waals surface area contributed by atoms with Crippen LogP contribution in [0.5, 0.6) is 0 Å². The van der Waals surface area contributed by atoms with E-state index in [1.165, 1.54) is 30.3 Å². The van der Waals surface area contributed by atoms with E-state index in [9.17, 15) is 19.3 Å². The summed E-state index contributed by atoms with van der Waals surface area (Å²) >= 11 is 1.03. The second-order valence-corrected chi connectivity index (χ2v) is 6.42. The average Bonchev–Trinajstić information content (AvgIpc) is 3.11. The predicted molar refractivity (Wildman–Crippen MR) is 97.7 cm³/mol. The topological polar surface area (TPSA) is 111 Å². The lowest BCUT2D eigenvalue weighted by atomic mass is 10.2. The smallest absolute Gasteiger partial charge is 0.346 e. The van der Waals surface area contributed by atoms with Gasteiger partial charge in [0.05, 0.1) is 16.2 Å². The number of para-hydroxylation sites is 1. The molecule has 0 aliphatic carbocycles. The fourth-order valence-corrected chi connectivity index (χ4v) is 3.19. The largest absolute Gasteiger partial charge is 0.422 e. The van der Waals surface area contributed by atoms with Crippen molar-refractivity contribution in [3.63, 3.8) is 0 Å². The van der Waals surface area contributed by atoms with Crippen LogP contribution < -0.4 is 10.9 Å². The van der Waals surface area contributed by atoms with Crippen molar-refractivity contribution in [2.24, 2.45) is 0 Å². The molecule has 0 saturated carbocycles. The van der Waals surface area contributed by atoms with E-state index >= 15 is 0 Å². The molecule has 134 valence electrons. The third-order valence-corrected chi connectivity index (χ3v) is 4.57. The molecule has 0 unspecified atom stereocenters. The molecule has 0 atom stereocenters. The van der Waals surface area contributed by atoms with Crippen LogP contribution in [0.1, 0.15) is 0 Å². The van der Waals surface area contributed by atoms with Gasteiger partial charge in [0.25, 0.3) is 5.69 Å².